The molecule has 2 rings (SSSR count). The van der Waals surface area contributed by atoms with Crippen LogP contribution in [0.5, 0.6) is 0 Å². The van der Waals surface area contributed by atoms with Gasteiger partial charge < -0.3 is 10.6 Å². The molecule has 4 nitrogen and oxygen atoms in total. The number of rotatable bonds is 5. The molecule has 108 valence electrons. The van der Waals surface area contributed by atoms with Crippen molar-refractivity contribution in [2.45, 2.75) is 39.0 Å². The molecular weight excluding hydrogens is 252 g/mol. The maximum atomic E-state index is 11.8. The molecule has 20 heavy (non-hydrogen) atoms. The summed E-state index contributed by atoms with van der Waals surface area (Å²) in [7, 11) is 0. The summed E-state index contributed by atoms with van der Waals surface area (Å²) in [5.41, 5.74) is 1.95. The smallest absolute Gasteiger partial charge is 0.226 e. The molecule has 0 atom stereocenters. The van der Waals surface area contributed by atoms with Crippen molar-refractivity contribution in [3.8, 4) is 0 Å². The molecule has 0 bridgehead atoms. The summed E-state index contributed by atoms with van der Waals surface area (Å²) in [6.07, 6.45) is 4.58. The first-order valence-corrected chi connectivity index (χ1v) is 7.29. The number of anilines is 1. The van der Waals surface area contributed by atoms with E-state index in [2.05, 4.69) is 10.6 Å². The minimum atomic E-state index is -0.0689. The fraction of sp³-hybridized carbons (Fsp3) is 0.500. The highest BCUT2D eigenvalue weighted by molar-refractivity contribution is 5.91. The van der Waals surface area contributed by atoms with Crippen LogP contribution in [0.3, 0.4) is 0 Å². The van der Waals surface area contributed by atoms with E-state index in [1.165, 1.54) is 0 Å². The number of carbonyl (C=O) groups is 2. The SMILES string of the molecule is Cc1ccc(NC(=O)CCNC(=O)C2CCCC2)cc1. The highest BCUT2D eigenvalue weighted by Crippen LogP contribution is 2.24. The normalized spacial score (nSPS) is 15.1. The molecule has 1 saturated carbocycles. The third-order valence-corrected chi connectivity index (χ3v) is 3.71. The summed E-state index contributed by atoms with van der Waals surface area (Å²) in [5.74, 6) is 0.196. The Morgan fingerprint density at radius 2 is 1.80 bits per heavy atom. The maximum absolute atomic E-state index is 11.8. The van der Waals surface area contributed by atoms with Crippen LogP contribution in [0, 0.1) is 12.8 Å². The Kier molecular flexibility index (Phi) is 5.16. The van der Waals surface area contributed by atoms with Crippen LogP contribution >= 0.6 is 0 Å². The predicted octanol–water partition coefficient (Wildman–Crippen LogP) is 2.63. The number of amides is 2. The average Bonchev–Trinajstić information content (AvgIpc) is 2.95. The van der Waals surface area contributed by atoms with E-state index >= 15 is 0 Å². The Morgan fingerprint density at radius 3 is 2.45 bits per heavy atom. The first kappa shape index (κ1) is 14.6. The van der Waals surface area contributed by atoms with E-state index in [0.717, 1.165) is 36.9 Å². The van der Waals surface area contributed by atoms with Crippen molar-refractivity contribution in [1.82, 2.24) is 5.32 Å². The lowest BCUT2D eigenvalue weighted by Crippen LogP contribution is -2.31. The standard InChI is InChI=1S/C16H22N2O2/c1-12-6-8-14(9-7-12)18-15(19)10-11-17-16(20)13-4-2-3-5-13/h6-9,13H,2-5,10-11H2,1H3,(H,17,20)(H,18,19). The van der Waals surface area contributed by atoms with Crippen LogP contribution in [-0.2, 0) is 9.59 Å². The van der Waals surface area contributed by atoms with Crippen LogP contribution in [0.2, 0.25) is 0 Å². The molecular formula is C16H22N2O2. The second-order valence-corrected chi connectivity index (χ2v) is 5.44. The Morgan fingerprint density at radius 1 is 1.15 bits per heavy atom. The number of benzene rings is 1. The zero-order chi connectivity index (χ0) is 14.4. The van der Waals surface area contributed by atoms with Gasteiger partial charge in [-0.15, -0.1) is 0 Å². The molecule has 0 spiro atoms. The van der Waals surface area contributed by atoms with Crippen LogP contribution in [-0.4, -0.2) is 18.4 Å². The second kappa shape index (κ2) is 7.08. The Labute approximate surface area is 119 Å². The first-order chi connectivity index (χ1) is 9.65. The summed E-state index contributed by atoms with van der Waals surface area (Å²) in [6, 6.07) is 7.67. The van der Waals surface area contributed by atoms with E-state index in [1.807, 2.05) is 31.2 Å². The molecule has 0 saturated heterocycles. The third kappa shape index (κ3) is 4.37. The minimum absolute atomic E-state index is 0.0689. The molecule has 0 unspecified atom stereocenters. The molecule has 2 amide bonds. The number of nitrogens with one attached hydrogen (secondary N) is 2. The van der Waals surface area contributed by atoms with Crippen LogP contribution in [0.4, 0.5) is 5.69 Å². The van der Waals surface area contributed by atoms with Gasteiger partial charge in [0.1, 0.15) is 0 Å². The van der Waals surface area contributed by atoms with E-state index in [9.17, 15) is 9.59 Å². The molecule has 4 heteroatoms. The van der Waals surface area contributed by atoms with Crippen molar-refractivity contribution >= 4 is 17.5 Å². The maximum Gasteiger partial charge on any atom is 0.226 e. The van der Waals surface area contributed by atoms with Crippen molar-refractivity contribution in [2.75, 3.05) is 11.9 Å². The summed E-state index contributed by atoms with van der Waals surface area (Å²) in [5, 5.41) is 5.67. The van der Waals surface area contributed by atoms with Crippen LogP contribution < -0.4 is 10.6 Å². The molecule has 0 aliphatic heterocycles. The van der Waals surface area contributed by atoms with Gasteiger partial charge in [-0.1, -0.05) is 30.5 Å². The molecule has 2 N–H and O–H groups in total. The predicted molar refractivity (Wildman–Crippen MR) is 79.4 cm³/mol. The van der Waals surface area contributed by atoms with Crippen LogP contribution in [0.25, 0.3) is 0 Å². The lowest BCUT2D eigenvalue weighted by atomic mass is 10.1. The molecule has 0 heterocycles. The van der Waals surface area contributed by atoms with Gasteiger partial charge >= 0.3 is 0 Å². The van der Waals surface area contributed by atoms with Gasteiger partial charge in [-0.25, -0.2) is 0 Å². The molecule has 1 aromatic carbocycles. The summed E-state index contributed by atoms with van der Waals surface area (Å²) in [6.45, 7) is 2.41. The van der Waals surface area contributed by atoms with E-state index in [-0.39, 0.29) is 17.7 Å². The van der Waals surface area contributed by atoms with Crippen molar-refractivity contribution in [3.63, 3.8) is 0 Å². The zero-order valence-electron chi connectivity index (χ0n) is 11.9. The number of hydrogen-bond donors (Lipinski definition) is 2. The molecule has 1 aliphatic rings. The number of hydrogen-bond acceptors (Lipinski definition) is 2. The largest absolute Gasteiger partial charge is 0.355 e. The minimum Gasteiger partial charge on any atom is -0.355 e. The summed E-state index contributed by atoms with van der Waals surface area (Å²) >= 11 is 0. The second-order valence-electron chi connectivity index (χ2n) is 5.44. The van der Waals surface area contributed by atoms with Gasteiger partial charge in [-0.3, -0.25) is 9.59 Å². The Balaban J connectivity index is 1.67. The van der Waals surface area contributed by atoms with Crippen molar-refractivity contribution in [3.05, 3.63) is 29.8 Å². The molecule has 1 aromatic rings. The Bertz CT molecular complexity index is 462. The van der Waals surface area contributed by atoms with Gasteiger partial charge in [0.25, 0.3) is 0 Å². The van der Waals surface area contributed by atoms with Gasteiger partial charge in [0.15, 0.2) is 0 Å². The topological polar surface area (TPSA) is 58.2 Å². The zero-order valence-corrected chi connectivity index (χ0v) is 11.9. The lowest BCUT2D eigenvalue weighted by molar-refractivity contribution is -0.124. The number of carbonyl (C=O) groups excluding carboxylic acids is 2. The van der Waals surface area contributed by atoms with Gasteiger partial charge in [0.2, 0.25) is 11.8 Å². The van der Waals surface area contributed by atoms with Crippen molar-refractivity contribution in [1.29, 1.82) is 0 Å². The van der Waals surface area contributed by atoms with E-state index < -0.39 is 0 Å². The lowest BCUT2D eigenvalue weighted by Gasteiger charge is -2.10. The van der Waals surface area contributed by atoms with Crippen LogP contribution in [0.15, 0.2) is 24.3 Å². The van der Waals surface area contributed by atoms with Crippen molar-refractivity contribution in [2.24, 2.45) is 5.92 Å². The highest BCUT2D eigenvalue weighted by Gasteiger charge is 2.22. The number of aryl methyl sites for hydroxylation is 1. The Hall–Kier alpha value is -1.84. The molecule has 1 fully saturated rings. The van der Waals surface area contributed by atoms with Gasteiger partial charge in [0, 0.05) is 24.6 Å². The van der Waals surface area contributed by atoms with Gasteiger partial charge in [0.05, 0.1) is 0 Å². The molecule has 1 aliphatic carbocycles. The fourth-order valence-electron chi connectivity index (χ4n) is 2.49. The first-order valence-electron chi connectivity index (χ1n) is 7.29. The monoisotopic (exact) mass is 274 g/mol. The fourth-order valence-corrected chi connectivity index (χ4v) is 2.49. The molecule has 0 radical (unpaired) electrons. The van der Waals surface area contributed by atoms with E-state index in [1.54, 1.807) is 0 Å². The quantitative estimate of drug-likeness (QED) is 0.867. The van der Waals surface area contributed by atoms with Gasteiger partial charge in [-0.2, -0.15) is 0 Å². The summed E-state index contributed by atoms with van der Waals surface area (Å²) in [4.78, 5) is 23.5. The van der Waals surface area contributed by atoms with E-state index in [0.29, 0.717) is 13.0 Å². The highest BCUT2D eigenvalue weighted by atomic mass is 16.2. The van der Waals surface area contributed by atoms with Gasteiger partial charge in [-0.05, 0) is 31.9 Å². The average molecular weight is 274 g/mol. The molecule has 0 aromatic heterocycles. The third-order valence-electron chi connectivity index (χ3n) is 3.71. The van der Waals surface area contributed by atoms with E-state index in [4.69, 9.17) is 0 Å². The summed E-state index contributed by atoms with van der Waals surface area (Å²) < 4.78 is 0. The van der Waals surface area contributed by atoms with Crippen LogP contribution in [0.1, 0.15) is 37.7 Å². The van der Waals surface area contributed by atoms with Crippen molar-refractivity contribution < 1.29 is 9.59 Å².